The third kappa shape index (κ3) is 5.22. The summed E-state index contributed by atoms with van der Waals surface area (Å²) < 4.78 is 0. The zero-order valence-electron chi connectivity index (χ0n) is 17.0. The van der Waals surface area contributed by atoms with E-state index in [0.717, 1.165) is 0 Å². The smallest absolute Gasteiger partial charge is 0.271 e. The van der Waals surface area contributed by atoms with Crippen LogP contribution in [0.5, 0.6) is 0 Å². The fraction of sp³-hybridized carbons (Fsp3) is 0.273. The Kier molecular flexibility index (Phi) is 6.46. The van der Waals surface area contributed by atoms with Crippen LogP contribution < -0.4 is 21.4 Å². The second kappa shape index (κ2) is 9.21. The highest BCUT2D eigenvalue weighted by Gasteiger charge is 2.34. The minimum atomic E-state index is -0.716. The molecule has 0 saturated heterocycles. The Hall–Kier alpha value is -3.68. The van der Waals surface area contributed by atoms with E-state index < -0.39 is 17.9 Å². The molecule has 30 heavy (non-hydrogen) atoms. The molecule has 1 aliphatic heterocycles. The van der Waals surface area contributed by atoms with E-state index in [-0.39, 0.29) is 24.0 Å². The van der Waals surface area contributed by atoms with Crippen molar-refractivity contribution >= 4 is 40.5 Å². The van der Waals surface area contributed by atoms with Crippen LogP contribution in [0.15, 0.2) is 59.7 Å². The molecule has 1 atom stereocenters. The zero-order chi connectivity index (χ0) is 21.7. The van der Waals surface area contributed by atoms with Gasteiger partial charge >= 0.3 is 0 Å². The zero-order valence-corrected chi connectivity index (χ0v) is 17.0. The summed E-state index contributed by atoms with van der Waals surface area (Å²) in [4.78, 5) is 36.4. The molecule has 2 aromatic carbocycles. The average molecular weight is 407 g/mol. The number of nitrogens with zero attached hydrogens (tertiary/aromatic N) is 2. The molecule has 1 heterocycles. The minimum absolute atomic E-state index is 0.0550. The van der Waals surface area contributed by atoms with E-state index in [1.165, 1.54) is 5.01 Å². The van der Waals surface area contributed by atoms with Crippen molar-refractivity contribution in [2.45, 2.75) is 32.7 Å². The van der Waals surface area contributed by atoms with Crippen LogP contribution in [0.25, 0.3) is 0 Å². The first-order chi connectivity index (χ1) is 14.3. The lowest BCUT2D eigenvalue weighted by molar-refractivity contribution is -0.119. The molecule has 2 aromatic rings. The van der Waals surface area contributed by atoms with Crippen LogP contribution in [0.1, 0.15) is 26.7 Å². The molecule has 0 radical (unpaired) electrons. The SMILES string of the molecule is CC(C)CC(=O)Nc1ccc(NC(=O)C2=NN(c3ccccc3)C(C(N)=O)C2)cc1. The van der Waals surface area contributed by atoms with Gasteiger partial charge in [0.25, 0.3) is 5.91 Å². The Labute approximate surface area is 175 Å². The van der Waals surface area contributed by atoms with Crippen LogP contribution in [0, 0.1) is 5.92 Å². The number of benzene rings is 2. The summed E-state index contributed by atoms with van der Waals surface area (Å²) in [6, 6.07) is 15.2. The molecule has 1 aliphatic rings. The standard InChI is InChI=1S/C22H25N5O3/c1-14(2)12-20(28)24-15-8-10-16(11-9-15)25-22(30)18-13-19(21(23)29)27(26-18)17-6-4-3-5-7-17/h3-11,14,19H,12-13H2,1-2H3,(H2,23,29)(H,24,28)(H,25,30). The van der Waals surface area contributed by atoms with Crippen molar-refractivity contribution in [2.24, 2.45) is 16.8 Å². The van der Waals surface area contributed by atoms with E-state index in [2.05, 4.69) is 15.7 Å². The molecule has 0 spiro atoms. The van der Waals surface area contributed by atoms with Crippen LogP contribution in [0.3, 0.4) is 0 Å². The summed E-state index contributed by atoms with van der Waals surface area (Å²) in [6.07, 6.45) is 0.566. The van der Waals surface area contributed by atoms with Crippen LogP contribution in [-0.2, 0) is 14.4 Å². The topological polar surface area (TPSA) is 117 Å². The first-order valence-electron chi connectivity index (χ1n) is 9.76. The number of primary amides is 1. The van der Waals surface area contributed by atoms with E-state index >= 15 is 0 Å². The van der Waals surface area contributed by atoms with Gasteiger partial charge in [-0.05, 0) is 42.3 Å². The van der Waals surface area contributed by atoms with Gasteiger partial charge in [-0.15, -0.1) is 0 Å². The first kappa shape index (κ1) is 21.0. The highest BCUT2D eigenvalue weighted by molar-refractivity contribution is 6.44. The van der Waals surface area contributed by atoms with Crippen LogP contribution in [-0.4, -0.2) is 29.5 Å². The van der Waals surface area contributed by atoms with Gasteiger partial charge in [0.05, 0.1) is 5.69 Å². The lowest BCUT2D eigenvalue weighted by Gasteiger charge is -2.20. The molecule has 1 unspecified atom stereocenters. The van der Waals surface area contributed by atoms with Gasteiger partial charge in [0, 0.05) is 24.2 Å². The summed E-state index contributed by atoms with van der Waals surface area (Å²) in [5.41, 5.74) is 7.62. The number of carbonyl (C=O) groups excluding carboxylic acids is 3. The van der Waals surface area contributed by atoms with Gasteiger partial charge in [0.2, 0.25) is 11.8 Å². The fourth-order valence-electron chi connectivity index (χ4n) is 3.11. The minimum Gasteiger partial charge on any atom is -0.368 e. The highest BCUT2D eigenvalue weighted by atomic mass is 16.2. The first-order valence-corrected chi connectivity index (χ1v) is 9.76. The molecule has 0 aliphatic carbocycles. The fourth-order valence-corrected chi connectivity index (χ4v) is 3.11. The second-order valence-electron chi connectivity index (χ2n) is 7.53. The number of hydrazone groups is 1. The molecule has 0 fully saturated rings. The maximum atomic E-state index is 12.7. The van der Waals surface area contributed by atoms with E-state index in [0.29, 0.717) is 23.5 Å². The molecule has 3 amide bonds. The number of anilines is 3. The number of hydrogen-bond acceptors (Lipinski definition) is 5. The molecule has 8 heteroatoms. The number of nitrogens with two attached hydrogens (primary N) is 1. The van der Waals surface area contributed by atoms with Gasteiger partial charge in [-0.1, -0.05) is 32.0 Å². The predicted octanol–water partition coefficient (Wildman–Crippen LogP) is 2.73. The molecule has 0 bridgehead atoms. The molecule has 3 rings (SSSR count). The van der Waals surface area contributed by atoms with Gasteiger partial charge in [-0.3, -0.25) is 19.4 Å². The Bertz CT molecular complexity index is 954. The van der Waals surface area contributed by atoms with Crippen molar-refractivity contribution in [1.29, 1.82) is 0 Å². The van der Waals surface area contributed by atoms with E-state index in [9.17, 15) is 14.4 Å². The van der Waals surface area contributed by atoms with Crippen molar-refractivity contribution in [3.8, 4) is 0 Å². The van der Waals surface area contributed by atoms with Crippen molar-refractivity contribution in [3.05, 3.63) is 54.6 Å². The van der Waals surface area contributed by atoms with Gasteiger partial charge in [0.1, 0.15) is 11.8 Å². The lowest BCUT2D eigenvalue weighted by Crippen LogP contribution is -2.39. The number of rotatable bonds is 7. The molecule has 0 aromatic heterocycles. The Morgan fingerprint density at radius 3 is 2.20 bits per heavy atom. The van der Waals surface area contributed by atoms with Crippen LogP contribution in [0.4, 0.5) is 17.1 Å². The quantitative estimate of drug-likeness (QED) is 0.654. The lowest BCUT2D eigenvalue weighted by atomic mass is 10.1. The highest BCUT2D eigenvalue weighted by Crippen LogP contribution is 2.25. The summed E-state index contributed by atoms with van der Waals surface area (Å²) >= 11 is 0. The van der Waals surface area contributed by atoms with E-state index in [1.807, 2.05) is 32.0 Å². The van der Waals surface area contributed by atoms with Crippen LogP contribution in [0.2, 0.25) is 0 Å². The molecule has 8 nitrogen and oxygen atoms in total. The average Bonchev–Trinajstić information content (AvgIpc) is 3.15. The normalized spacial score (nSPS) is 15.6. The van der Waals surface area contributed by atoms with Crippen molar-refractivity contribution in [1.82, 2.24) is 0 Å². The van der Waals surface area contributed by atoms with Crippen LogP contribution >= 0.6 is 0 Å². The molecule has 4 N–H and O–H groups in total. The molecule has 156 valence electrons. The molecule has 0 saturated carbocycles. The third-order valence-electron chi connectivity index (χ3n) is 4.54. The third-order valence-corrected chi connectivity index (χ3v) is 4.54. The second-order valence-corrected chi connectivity index (χ2v) is 7.53. The summed E-state index contributed by atoms with van der Waals surface area (Å²) in [5.74, 6) is -0.737. The van der Waals surface area contributed by atoms with Gasteiger partial charge < -0.3 is 16.4 Å². The van der Waals surface area contributed by atoms with Crippen molar-refractivity contribution < 1.29 is 14.4 Å². The maximum Gasteiger partial charge on any atom is 0.271 e. The molecular weight excluding hydrogens is 382 g/mol. The number of nitrogens with one attached hydrogen (secondary N) is 2. The van der Waals surface area contributed by atoms with E-state index in [1.54, 1.807) is 36.4 Å². The monoisotopic (exact) mass is 407 g/mol. The van der Waals surface area contributed by atoms with Crippen molar-refractivity contribution in [3.63, 3.8) is 0 Å². The largest absolute Gasteiger partial charge is 0.368 e. The van der Waals surface area contributed by atoms with Gasteiger partial charge in [0.15, 0.2) is 0 Å². The number of amides is 3. The summed E-state index contributed by atoms with van der Waals surface area (Å²) in [5, 5.41) is 11.4. The van der Waals surface area contributed by atoms with Gasteiger partial charge in [-0.2, -0.15) is 5.10 Å². The number of hydrogen-bond donors (Lipinski definition) is 3. The maximum absolute atomic E-state index is 12.7. The Morgan fingerprint density at radius 2 is 1.63 bits per heavy atom. The number of para-hydroxylation sites is 1. The Morgan fingerprint density at radius 1 is 1.03 bits per heavy atom. The van der Waals surface area contributed by atoms with Gasteiger partial charge in [-0.25, -0.2) is 0 Å². The number of carbonyl (C=O) groups is 3. The summed E-state index contributed by atoms with van der Waals surface area (Å²) in [7, 11) is 0. The Balaban J connectivity index is 1.67. The predicted molar refractivity (Wildman–Crippen MR) is 117 cm³/mol. The van der Waals surface area contributed by atoms with E-state index in [4.69, 9.17) is 5.73 Å². The molecular formula is C22H25N5O3. The van der Waals surface area contributed by atoms with Crippen molar-refractivity contribution in [2.75, 3.05) is 15.6 Å². The summed E-state index contributed by atoms with van der Waals surface area (Å²) in [6.45, 7) is 3.96.